The van der Waals surface area contributed by atoms with Gasteiger partial charge in [0.1, 0.15) is 27.6 Å². The molecule has 0 unspecified atom stereocenters. The summed E-state index contributed by atoms with van der Waals surface area (Å²) < 4.78 is 12.1. The zero-order valence-corrected chi connectivity index (χ0v) is 33.1. The van der Waals surface area contributed by atoms with Crippen LogP contribution in [0.5, 0.6) is 0 Å². The second kappa shape index (κ2) is 17.0. The fourth-order valence-electron chi connectivity index (χ4n) is 8.02. The van der Waals surface area contributed by atoms with Crippen molar-refractivity contribution in [3.63, 3.8) is 0 Å². The summed E-state index contributed by atoms with van der Waals surface area (Å²) >= 11 is 6.98. The molecule has 2 fully saturated rings. The van der Waals surface area contributed by atoms with Gasteiger partial charge in [-0.3, -0.25) is 9.80 Å². The normalized spacial score (nSPS) is 15.4. The van der Waals surface area contributed by atoms with Crippen molar-refractivity contribution in [3.8, 4) is 0 Å². The number of furan rings is 2. The van der Waals surface area contributed by atoms with Crippen molar-refractivity contribution in [1.29, 1.82) is 0 Å². The van der Waals surface area contributed by atoms with Crippen molar-refractivity contribution in [3.05, 3.63) is 223 Å². The van der Waals surface area contributed by atoms with Crippen LogP contribution in [0.2, 0.25) is 0 Å². The monoisotopic (exact) mass is 833 g/mol. The van der Waals surface area contributed by atoms with Crippen molar-refractivity contribution in [1.82, 2.24) is 9.80 Å². The molecule has 0 aliphatic carbocycles. The summed E-state index contributed by atoms with van der Waals surface area (Å²) in [7, 11) is 0. The summed E-state index contributed by atoms with van der Waals surface area (Å²) in [5, 5.41) is 2.30. The van der Waals surface area contributed by atoms with E-state index in [2.05, 4.69) is 161 Å². The van der Waals surface area contributed by atoms with Crippen LogP contribution in [-0.2, 0) is 25.3 Å². The van der Waals surface area contributed by atoms with Crippen LogP contribution in [0, 0.1) is 7.43 Å². The Bertz CT molecular complexity index is 2260. The van der Waals surface area contributed by atoms with Gasteiger partial charge in [-0.1, -0.05) is 158 Å². The standard InChI is InChI=1S/C24H20ClNO.C24H21NO.CH3.Pd/c25-24(22-15-20-13-7-8-14-21(20)27-22)16-26(17-24)23(18-9-3-1-4-10-18)19-11-5-2-6-12-19;1-3-9-18(10-4-1)24(19-11-5-2-6-12-19)25-16-21(17-25)23-15-20-13-7-8-14-22(20)26-23;;/h1-15,23H,16-17H2;1-15,21,24H,16-17H2;1H3;/q;;-1;. The zero-order chi connectivity index (χ0) is 35.6. The molecule has 2 aliphatic heterocycles. The Morgan fingerprint density at radius 1 is 0.491 bits per heavy atom. The Kier molecular flexibility index (Phi) is 11.9. The van der Waals surface area contributed by atoms with E-state index in [-0.39, 0.29) is 33.9 Å². The maximum absolute atomic E-state index is 6.98. The molecule has 6 heteroatoms. The van der Waals surface area contributed by atoms with Crippen LogP contribution in [0.1, 0.15) is 51.8 Å². The first-order valence-electron chi connectivity index (χ1n) is 18.5. The topological polar surface area (TPSA) is 32.8 Å². The molecule has 55 heavy (non-hydrogen) atoms. The molecule has 0 bridgehead atoms. The SMILES string of the molecule is ClC1(c2cc3ccccc3o2)CN(C(c2ccccc2)c2ccccc2)C1.[CH3-].[Pd].c1ccc(C(c2ccccc2)N2CC(c3cc4ccccc4o3)C2)cc1. The first-order valence-corrected chi connectivity index (χ1v) is 18.8. The van der Waals surface area contributed by atoms with E-state index in [1.165, 1.54) is 27.6 Å². The molecule has 0 amide bonds. The minimum Gasteiger partial charge on any atom is -0.461 e. The molecule has 0 saturated carbocycles. The van der Waals surface area contributed by atoms with Gasteiger partial charge < -0.3 is 16.3 Å². The average Bonchev–Trinajstić information content (AvgIpc) is 3.82. The number of benzene rings is 6. The van der Waals surface area contributed by atoms with Gasteiger partial charge in [0.2, 0.25) is 0 Å². The van der Waals surface area contributed by atoms with E-state index in [1.807, 2.05) is 30.3 Å². The minimum absolute atomic E-state index is 0. The third-order valence-electron chi connectivity index (χ3n) is 10.7. The minimum atomic E-state index is -0.471. The molecular weight excluding hydrogens is 790 g/mol. The summed E-state index contributed by atoms with van der Waals surface area (Å²) in [6, 6.07) is 64.0. The predicted octanol–water partition coefficient (Wildman–Crippen LogP) is 12.0. The average molecular weight is 835 g/mol. The number of rotatable bonds is 8. The van der Waals surface area contributed by atoms with E-state index in [0.717, 1.165) is 54.3 Å². The Balaban J connectivity index is 0.000000163. The summed E-state index contributed by atoms with van der Waals surface area (Å²) in [6.45, 7) is 3.55. The maximum Gasteiger partial charge on any atom is 0.134 e. The summed E-state index contributed by atoms with van der Waals surface area (Å²) in [4.78, 5) is 4.49. The van der Waals surface area contributed by atoms with E-state index >= 15 is 0 Å². The van der Waals surface area contributed by atoms with E-state index in [4.69, 9.17) is 20.4 Å². The van der Waals surface area contributed by atoms with Crippen LogP contribution in [0.15, 0.2) is 191 Å². The molecule has 6 aromatic carbocycles. The number of alkyl halides is 1. The molecule has 0 N–H and O–H groups in total. The fourth-order valence-corrected chi connectivity index (χ4v) is 8.42. The Labute approximate surface area is 343 Å². The Morgan fingerprint density at radius 3 is 1.31 bits per heavy atom. The number of para-hydroxylation sites is 2. The van der Waals surface area contributed by atoms with Crippen LogP contribution in [0.3, 0.4) is 0 Å². The number of hydrogen-bond acceptors (Lipinski definition) is 4. The van der Waals surface area contributed by atoms with E-state index in [0.29, 0.717) is 12.0 Å². The molecule has 4 nitrogen and oxygen atoms in total. The third kappa shape index (κ3) is 8.01. The second-order valence-electron chi connectivity index (χ2n) is 14.3. The predicted molar refractivity (Wildman–Crippen MR) is 222 cm³/mol. The van der Waals surface area contributed by atoms with Crippen molar-refractivity contribution < 1.29 is 29.3 Å². The van der Waals surface area contributed by atoms with Gasteiger partial charge in [0.15, 0.2) is 0 Å². The summed E-state index contributed by atoms with van der Waals surface area (Å²) in [6.07, 6.45) is 0. The zero-order valence-electron chi connectivity index (χ0n) is 30.8. The van der Waals surface area contributed by atoms with Crippen LogP contribution in [0.4, 0.5) is 0 Å². The van der Waals surface area contributed by atoms with E-state index < -0.39 is 4.87 Å². The summed E-state index contributed by atoms with van der Waals surface area (Å²) in [5.74, 6) is 2.45. The number of halogens is 1. The van der Waals surface area contributed by atoms with Crippen molar-refractivity contribution >= 4 is 33.5 Å². The molecule has 2 aromatic heterocycles. The molecule has 8 aromatic rings. The third-order valence-corrected chi connectivity index (χ3v) is 11.1. The van der Waals surface area contributed by atoms with Crippen molar-refractivity contribution in [2.45, 2.75) is 22.9 Å². The number of fused-ring (bicyclic) bond motifs is 2. The number of nitrogens with zero attached hydrogens (tertiary/aromatic N) is 2. The van der Waals surface area contributed by atoms with Gasteiger partial charge >= 0.3 is 0 Å². The smallest absolute Gasteiger partial charge is 0.134 e. The molecule has 4 heterocycles. The van der Waals surface area contributed by atoms with Gasteiger partial charge in [0.05, 0.1) is 12.1 Å². The van der Waals surface area contributed by atoms with Gasteiger partial charge in [0, 0.05) is 63.3 Å². The van der Waals surface area contributed by atoms with Crippen LogP contribution < -0.4 is 0 Å². The number of likely N-dealkylation sites (tertiary alicyclic amines) is 2. The second-order valence-corrected chi connectivity index (χ2v) is 15.0. The van der Waals surface area contributed by atoms with Crippen molar-refractivity contribution in [2.75, 3.05) is 26.2 Å². The van der Waals surface area contributed by atoms with Crippen LogP contribution >= 0.6 is 11.6 Å². The van der Waals surface area contributed by atoms with Crippen molar-refractivity contribution in [2.24, 2.45) is 0 Å². The largest absolute Gasteiger partial charge is 0.461 e. The van der Waals surface area contributed by atoms with Gasteiger partial charge in [0.25, 0.3) is 0 Å². The first-order chi connectivity index (χ1) is 26.1. The molecule has 0 radical (unpaired) electrons. The maximum atomic E-state index is 6.98. The number of hydrogen-bond donors (Lipinski definition) is 0. The van der Waals surface area contributed by atoms with Crippen LogP contribution in [0.25, 0.3) is 21.9 Å². The first kappa shape index (κ1) is 38.5. The molecule has 2 aliphatic rings. The molecule has 0 atom stereocenters. The molecule has 280 valence electrons. The Hall–Kier alpha value is -4.73. The molecule has 0 spiro atoms. The van der Waals surface area contributed by atoms with E-state index in [1.54, 1.807) is 0 Å². The molecule has 2 saturated heterocycles. The van der Waals surface area contributed by atoms with Gasteiger partial charge in [-0.15, -0.1) is 11.6 Å². The quantitative estimate of drug-likeness (QED) is 0.0867. The fraction of sp³-hybridized carbons (Fsp3) is 0.163. The molecular formula is C49H44ClN2O2Pd-. The van der Waals surface area contributed by atoms with Gasteiger partial charge in [-0.2, -0.15) is 0 Å². The summed E-state index contributed by atoms with van der Waals surface area (Å²) in [5.41, 5.74) is 7.15. The van der Waals surface area contributed by atoms with Crippen LogP contribution in [-0.4, -0.2) is 36.0 Å². The Morgan fingerprint density at radius 2 is 0.873 bits per heavy atom. The van der Waals surface area contributed by atoms with Gasteiger partial charge in [-0.25, -0.2) is 0 Å². The van der Waals surface area contributed by atoms with E-state index in [9.17, 15) is 0 Å². The molecule has 10 rings (SSSR count). The van der Waals surface area contributed by atoms with Gasteiger partial charge in [-0.05, 0) is 46.5 Å².